The summed E-state index contributed by atoms with van der Waals surface area (Å²) < 4.78 is 5.97. The largest absolute Gasteiger partial charge is 0.375 e. The van der Waals surface area contributed by atoms with Crippen molar-refractivity contribution in [3.63, 3.8) is 0 Å². The minimum Gasteiger partial charge on any atom is -0.375 e. The molecule has 0 aromatic carbocycles. The zero-order chi connectivity index (χ0) is 33.8. The number of nitrogens with two attached hydrogens (primary N) is 1. The van der Waals surface area contributed by atoms with Crippen molar-refractivity contribution < 1.29 is 23.9 Å². The first kappa shape index (κ1) is 41.4. The maximum atomic E-state index is 13.2. The summed E-state index contributed by atoms with van der Waals surface area (Å²) >= 11 is 0. The van der Waals surface area contributed by atoms with Crippen molar-refractivity contribution in [2.75, 3.05) is 37.7 Å². The lowest BCUT2D eigenvalue weighted by atomic mass is 9.99. The Balaban J connectivity index is 1.79. The SMILES string of the molecule is CC(C)(CCOC(C)(C)CCN)NC(=O)C[C@H](NC(=O)CCCCC1CCSS1)C(=O)NCCNC(=O)CCCCC1CCSS1. The number of nitrogens with one attached hydrogen (secondary N) is 4. The molecule has 46 heavy (non-hydrogen) atoms. The number of carbonyl (C=O) groups is 4. The first-order valence-corrected chi connectivity index (χ1v) is 21.7. The van der Waals surface area contributed by atoms with Crippen LogP contribution in [0.3, 0.4) is 0 Å². The normalized spacial score (nSPS) is 19.1. The monoisotopic (exact) mass is 721 g/mol. The van der Waals surface area contributed by atoms with Crippen LogP contribution in [0.4, 0.5) is 0 Å². The Morgan fingerprint density at radius 2 is 1.39 bits per heavy atom. The highest BCUT2D eigenvalue weighted by molar-refractivity contribution is 8.77. The van der Waals surface area contributed by atoms with Crippen LogP contribution in [0.2, 0.25) is 0 Å². The van der Waals surface area contributed by atoms with Crippen LogP contribution in [-0.2, 0) is 23.9 Å². The van der Waals surface area contributed by atoms with Crippen LogP contribution in [0.25, 0.3) is 0 Å². The van der Waals surface area contributed by atoms with E-state index >= 15 is 0 Å². The Hall–Kier alpha value is -0.800. The molecule has 10 nitrogen and oxygen atoms in total. The molecule has 14 heteroatoms. The van der Waals surface area contributed by atoms with Crippen molar-refractivity contribution in [2.45, 2.75) is 139 Å². The second-order valence-corrected chi connectivity index (χ2v) is 19.0. The molecule has 4 amide bonds. The third-order valence-electron chi connectivity index (χ3n) is 8.05. The molecular formula is C32H59N5O5S4. The molecule has 3 atom stereocenters. The highest BCUT2D eigenvalue weighted by Crippen LogP contribution is 2.40. The summed E-state index contributed by atoms with van der Waals surface area (Å²) in [6.07, 6.45) is 10.2. The Bertz CT molecular complexity index is 931. The number of rotatable bonds is 24. The van der Waals surface area contributed by atoms with Gasteiger partial charge < -0.3 is 31.7 Å². The molecule has 2 heterocycles. The molecule has 2 unspecified atom stereocenters. The fourth-order valence-corrected chi connectivity index (χ4v) is 11.3. The summed E-state index contributed by atoms with van der Waals surface area (Å²) in [5, 5.41) is 12.8. The lowest BCUT2D eigenvalue weighted by Gasteiger charge is -2.30. The van der Waals surface area contributed by atoms with E-state index in [1.54, 1.807) is 0 Å². The molecule has 0 spiro atoms. The smallest absolute Gasteiger partial charge is 0.243 e. The number of hydrogen-bond donors (Lipinski definition) is 5. The maximum Gasteiger partial charge on any atom is 0.243 e. The second kappa shape index (κ2) is 22.8. The predicted octanol–water partition coefficient (Wildman–Crippen LogP) is 4.95. The topological polar surface area (TPSA) is 152 Å². The van der Waals surface area contributed by atoms with Crippen LogP contribution in [0.5, 0.6) is 0 Å². The van der Waals surface area contributed by atoms with Gasteiger partial charge in [0.1, 0.15) is 6.04 Å². The van der Waals surface area contributed by atoms with Crippen molar-refractivity contribution >= 4 is 66.8 Å². The lowest BCUT2D eigenvalue weighted by Crippen LogP contribution is -2.52. The first-order chi connectivity index (χ1) is 21.9. The molecule has 0 radical (unpaired) electrons. The molecule has 0 aromatic heterocycles. The number of carbonyl (C=O) groups excluding carboxylic acids is 4. The summed E-state index contributed by atoms with van der Waals surface area (Å²) in [4.78, 5) is 51.3. The number of unbranched alkanes of at least 4 members (excludes halogenated alkanes) is 2. The van der Waals surface area contributed by atoms with Crippen LogP contribution in [0, 0.1) is 0 Å². The van der Waals surface area contributed by atoms with E-state index in [2.05, 4.69) is 21.3 Å². The van der Waals surface area contributed by atoms with Crippen LogP contribution in [0.15, 0.2) is 0 Å². The highest BCUT2D eigenvalue weighted by atomic mass is 33.1. The van der Waals surface area contributed by atoms with Crippen molar-refractivity contribution in [1.82, 2.24) is 21.3 Å². The van der Waals surface area contributed by atoms with Crippen molar-refractivity contribution in [1.29, 1.82) is 0 Å². The van der Waals surface area contributed by atoms with E-state index in [1.807, 2.05) is 70.9 Å². The molecule has 0 aliphatic carbocycles. The van der Waals surface area contributed by atoms with Gasteiger partial charge in [-0.25, -0.2) is 0 Å². The average molecular weight is 722 g/mol. The van der Waals surface area contributed by atoms with Gasteiger partial charge in [-0.3, -0.25) is 19.2 Å². The molecule has 2 saturated heterocycles. The predicted molar refractivity (Wildman–Crippen MR) is 197 cm³/mol. The molecule has 2 fully saturated rings. The van der Waals surface area contributed by atoms with Gasteiger partial charge >= 0.3 is 0 Å². The van der Waals surface area contributed by atoms with E-state index in [-0.39, 0.29) is 42.8 Å². The third-order valence-corrected chi connectivity index (χ3v) is 14.1. The summed E-state index contributed by atoms with van der Waals surface area (Å²) in [6.45, 7) is 9.29. The maximum absolute atomic E-state index is 13.2. The Kier molecular flexibility index (Phi) is 20.5. The molecular weight excluding hydrogens is 663 g/mol. The first-order valence-electron chi connectivity index (χ1n) is 16.9. The summed E-state index contributed by atoms with van der Waals surface area (Å²) in [7, 11) is 7.74. The van der Waals surface area contributed by atoms with Gasteiger partial charge in [0.15, 0.2) is 0 Å². The zero-order valence-electron chi connectivity index (χ0n) is 28.4. The molecule has 6 N–H and O–H groups in total. The average Bonchev–Trinajstić information content (AvgIpc) is 3.69. The van der Waals surface area contributed by atoms with Gasteiger partial charge in [0.25, 0.3) is 0 Å². The van der Waals surface area contributed by atoms with Gasteiger partial charge in [-0.1, -0.05) is 56.0 Å². The Labute approximate surface area is 293 Å². The second-order valence-electron chi connectivity index (χ2n) is 13.4. The molecule has 2 aliphatic heterocycles. The number of amides is 4. The van der Waals surface area contributed by atoms with E-state index in [9.17, 15) is 19.2 Å². The van der Waals surface area contributed by atoms with Crippen LogP contribution >= 0.6 is 43.2 Å². The van der Waals surface area contributed by atoms with Gasteiger partial charge in [0.05, 0.1) is 12.0 Å². The fourth-order valence-electron chi connectivity index (χ4n) is 5.20. The van der Waals surface area contributed by atoms with Gasteiger partial charge in [0.2, 0.25) is 23.6 Å². The molecule has 0 bridgehead atoms. The molecule has 0 saturated carbocycles. The fraction of sp³-hybridized carbons (Fsp3) is 0.875. The van der Waals surface area contributed by atoms with Crippen molar-refractivity contribution in [2.24, 2.45) is 5.73 Å². The summed E-state index contributed by atoms with van der Waals surface area (Å²) in [5.41, 5.74) is 4.76. The van der Waals surface area contributed by atoms with Gasteiger partial charge in [0, 0.05) is 60.1 Å². The number of ether oxygens (including phenoxy) is 1. The quantitative estimate of drug-likeness (QED) is 0.0684. The summed E-state index contributed by atoms with van der Waals surface area (Å²) in [5.74, 6) is 1.38. The van der Waals surface area contributed by atoms with Gasteiger partial charge in [-0.2, -0.15) is 0 Å². The van der Waals surface area contributed by atoms with E-state index in [0.717, 1.165) is 44.9 Å². The zero-order valence-corrected chi connectivity index (χ0v) is 31.7. The molecule has 2 aliphatic rings. The minimum atomic E-state index is -1.01. The van der Waals surface area contributed by atoms with E-state index in [1.165, 1.54) is 24.3 Å². The van der Waals surface area contributed by atoms with Gasteiger partial charge in [-0.15, -0.1) is 0 Å². The highest BCUT2D eigenvalue weighted by Gasteiger charge is 2.28. The number of hydrogen-bond acceptors (Lipinski definition) is 10. The van der Waals surface area contributed by atoms with E-state index < -0.39 is 17.5 Å². The molecule has 266 valence electrons. The summed E-state index contributed by atoms with van der Waals surface area (Å²) in [6, 6.07) is -1.01. The third kappa shape index (κ3) is 19.3. The van der Waals surface area contributed by atoms with Crippen LogP contribution < -0.4 is 27.0 Å². The van der Waals surface area contributed by atoms with Crippen molar-refractivity contribution in [3.8, 4) is 0 Å². The lowest BCUT2D eigenvalue weighted by molar-refractivity contribution is -0.132. The van der Waals surface area contributed by atoms with Gasteiger partial charge in [-0.05, 0) is 85.6 Å². The molecule has 2 rings (SSSR count). The van der Waals surface area contributed by atoms with E-state index in [4.69, 9.17) is 10.5 Å². The van der Waals surface area contributed by atoms with Crippen LogP contribution in [-0.4, -0.2) is 89.1 Å². The standard InChI is InChI=1S/C32H59N5O5S4/c1-31(2,16-20-42-32(3,4)15-17-33)37-29(40)23-26(36-28(39)12-8-6-10-25-14-22-44-46-25)30(41)35-19-18-34-27(38)11-7-5-9-24-13-21-43-45-24/h24-26H,5-23,33H2,1-4H3,(H,34,38)(H,35,41)(H,36,39)(H,37,40)/t24?,25?,26-/m0/s1. The Morgan fingerprint density at radius 1 is 0.804 bits per heavy atom. The Morgan fingerprint density at radius 3 is 1.96 bits per heavy atom. The van der Waals surface area contributed by atoms with Crippen molar-refractivity contribution in [3.05, 3.63) is 0 Å². The molecule has 0 aromatic rings. The van der Waals surface area contributed by atoms with Crippen LogP contribution in [0.1, 0.15) is 111 Å². The van der Waals surface area contributed by atoms with E-state index in [0.29, 0.717) is 42.9 Å². The minimum absolute atomic E-state index is 0.0286.